The molecule has 0 aliphatic heterocycles. The van der Waals surface area contributed by atoms with Crippen molar-refractivity contribution in [2.24, 2.45) is 0 Å². The number of ether oxygens (including phenoxy) is 1. The minimum Gasteiger partial charge on any atom is -0.477 e. The standard InChI is InChI=1S/C13H19N5OS/c1-3-5-15-11-7-12(18-13(14)17-11)19-6-4-10-9(2)16-8-20-10/h7-8H,3-6H2,1-2H3,(H3,14,15,17,18). The molecule has 0 aliphatic rings. The van der Waals surface area contributed by atoms with Crippen molar-refractivity contribution < 1.29 is 4.74 Å². The molecule has 0 radical (unpaired) electrons. The number of nitrogen functional groups attached to an aromatic ring is 1. The van der Waals surface area contributed by atoms with Crippen molar-refractivity contribution >= 4 is 23.1 Å². The van der Waals surface area contributed by atoms with Gasteiger partial charge in [0.05, 0.1) is 17.8 Å². The molecule has 7 heteroatoms. The van der Waals surface area contributed by atoms with Crippen molar-refractivity contribution in [1.29, 1.82) is 0 Å². The summed E-state index contributed by atoms with van der Waals surface area (Å²) in [5.74, 6) is 1.41. The van der Waals surface area contributed by atoms with Crippen LogP contribution in [0.3, 0.4) is 0 Å². The van der Waals surface area contributed by atoms with E-state index in [0.717, 1.165) is 25.1 Å². The first kappa shape index (κ1) is 14.5. The molecule has 0 unspecified atom stereocenters. The van der Waals surface area contributed by atoms with E-state index in [1.807, 2.05) is 12.4 Å². The van der Waals surface area contributed by atoms with Gasteiger partial charge in [-0.3, -0.25) is 0 Å². The highest BCUT2D eigenvalue weighted by Gasteiger charge is 2.05. The van der Waals surface area contributed by atoms with Gasteiger partial charge in [0.2, 0.25) is 11.8 Å². The fourth-order valence-electron chi connectivity index (χ4n) is 1.67. The molecule has 108 valence electrons. The van der Waals surface area contributed by atoms with E-state index in [4.69, 9.17) is 10.5 Å². The van der Waals surface area contributed by atoms with Gasteiger partial charge in [-0.15, -0.1) is 11.3 Å². The molecular formula is C13H19N5OS. The molecule has 0 fully saturated rings. The average molecular weight is 293 g/mol. The molecule has 2 rings (SSSR count). The summed E-state index contributed by atoms with van der Waals surface area (Å²) in [4.78, 5) is 13.6. The Hall–Kier alpha value is -1.89. The molecule has 0 saturated heterocycles. The zero-order chi connectivity index (χ0) is 14.4. The largest absolute Gasteiger partial charge is 0.477 e. The summed E-state index contributed by atoms with van der Waals surface area (Å²) in [6.07, 6.45) is 1.84. The smallest absolute Gasteiger partial charge is 0.225 e. The first-order valence-electron chi connectivity index (χ1n) is 6.59. The summed E-state index contributed by atoms with van der Waals surface area (Å²) in [6, 6.07) is 1.77. The third-order valence-electron chi connectivity index (χ3n) is 2.70. The van der Waals surface area contributed by atoms with E-state index in [1.165, 1.54) is 4.88 Å². The summed E-state index contributed by atoms with van der Waals surface area (Å²) in [7, 11) is 0. The summed E-state index contributed by atoms with van der Waals surface area (Å²) in [5.41, 5.74) is 8.58. The topological polar surface area (TPSA) is 86.0 Å². The predicted molar refractivity (Wildman–Crippen MR) is 81.3 cm³/mol. The van der Waals surface area contributed by atoms with Gasteiger partial charge in [0.15, 0.2) is 0 Å². The number of hydrogen-bond acceptors (Lipinski definition) is 7. The minimum atomic E-state index is 0.218. The molecule has 0 amide bonds. The van der Waals surface area contributed by atoms with Crippen LogP contribution in [0.5, 0.6) is 5.88 Å². The molecule has 0 aliphatic carbocycles. The molecular weight excluding hydrogens is 274 g/mol. The van der Waals surface area contributed by atoms with E-state index in [1.54, 1.807) is 17.4 Å². The molecule has 20 heavy (non-hydrogen) atoms. The second-order valence-corrected chi connectivity index (χ2v) is 5.28. The average Bonchev–Trinajstić information content (AvgIpc) is 2.82. The highest BCUT2D eigenvalue weighted by molar-refractivity contribution is 7.09. The van der Waals surface area contributed by atoms with E-state index < -0.39 is 0 Å². The second-order valence-electron chi connectivity index (χ2n) is 4.34. The summed E-state index contributed by atoms with van der Waals surface area (Å²) in [6.45, 7) is 5.48. The zero-order valence-corrected chi connectivity index (χ0v) is 12.5. The highest BCUT2D eigenvalue weighted by atomic mass is 32.1. The number of rotatable bonds is 7. The Labute approximate surface area is 122 Å². The predicted octanol–water partition coefficient (Wildman–Crippen LogP) is 2.27. The maximum atomic E-state index is 5.67. The van der Waals surface area contributed by atoms with Crippen LogP contribution >= 0.6 is 11.3 Å². The van der Waals surface area contributed by atoms with Crippen molar-refractivity contribution in [3.63, 3.8) is 0 Å². The van der Waals surface area contributed by atoms with Gasteiger partial charge >= 0.3 is 0 Å². The van der Waals surface area contributed by atoms with Crippen LogP contribution in [0.4, 0.5) is 11.8 Å². The Kier molecular flexibility index (Phi) is 5.11. The molecule has 0 aromatic carbocycles. The van der Waals surface area contributed by atoms with E-state index in [-0.39, 0.29) is 5.95 Å². The van der Waals surface area contributed by atoms with Crippen molar-refractivity contribution in [3.8, 4) is 5.88 Å². The molecule has 2 aromatic heterocycles. The Morgan fingerprint density at radius 3 is 2.95 bits per heavy atom. The highest BCUT2D eigenvalue weighted by Crippen LogP contribution is 2.16. The minimum absolute atomic E-state index is 0.218. The lowest BCUT2D eigenvalue weighted by Crippen LogP contribution is -2.08. The number of thiazole rings is 1. The van der Waals surface area contributed by atoms with Gasteiger partial charge in [-0.05, 0) is 13.3 Å². The van der Waals surface area contributed by atoms with Gasteiger partial charge in [-0.2, -0.15) is 9.97 Å². The maximum Gasteiger partial charge on any atom is 0.225 e. The fourth-order valence-corrected chi connectivity index (χ4v) is 2.44. The van der Waals surface area contributed by atoms with Crippen LogP contribution in [0.15, 0.2) is 11.6 Å². The Balaban J connectivity index is 1.91. The zero-order valence-electron chi connectivity index (χ0n) is 11.7. The summed E-state index contributed by atoms with van der Waals surface area (Å²) >= 11 is 1.64. The lowest BCUT2D eigenvalue weighted by atomic mass is 10.3. The molecule has 0 saturated carbocycles. The van der Waals surface area contributed by atoms with Crippen LogP contribution in [0.25, 0.3) is 0 Å². The normalized spacial score (nSPS) is 10.5. The van der Waals surface area contributed by atoms with Crippen molar-refractivity contribution in [2.45, 2.75) is 26.7 Å². The number of aromatic nitrogens is 3. The number of hydrogen-bond donors (Lipinski definition) is 2. The number of nitrogens with one attached hydrogen (secondary N) is 1. The molecule has 3 N–H and O–H groups in total. The van der Waals surface area contributed by atoms with Crippen LogP contribution in [0, 0.1) is 6.92 Å². The fraction of sp³-hybridized carbons (Fsp3) is 0.462. The Morgan fingerprint density at radius 2 is 2.25 bits per heavy atom. The monoisotopic (exact) mass is 293 g/mol. The van der Waals surface area contributed by atoms with Crippen LogP contribution in [-0.4, -0.2) is 28.1 Å². The molecule has 2 aromatic rings. The van der Waals surface area contributed by atoms with Gasteiger partial charge in [-0.1, -0.05) is 6.92 Å². The number of anilines is 2. The van der Waals surface area contributed by atoms with Crippen LogP contribution in [-0.2, 0) is 6.42 Å². The van der Waals surface area contributed by atoms with Crippen LogP contribution in [0.1, 0.15) is 23.9 Å². The first-order valence-corrected chi connectivity index (χ1v) is 7.47. The molecule has 2 heterocycles. The molecule has 0 bridgehead atoms. The number of nitrogens with two attached hydrogens (primary N) is 1. The van der Waals surface area contributed by atoms with Crippen LogP contribution in [0.2, 0.25) is 0 Å². The lowest BCUT2D eigenvalue weighted by Gasteiger charge is -2.08. The van der Waals surface area contributed by atoms with Gasteiger partial charge in [0.1, 0.15) is 5.82 Å². The lowest BCUT2D eigenvalue weighted by molar-refractivity contribution is 0.310. The first-order chi connectivity index (χ1) is 9.69. The van der Waals surface area contributed by atoms with Gasteiger partial charge in [0, 0.05) is 23.9 Å². The van der Waals surface area contributed by atoms with Crippen molar-refractivity contribution in [2.75, 3.05) is 24.2 Å². The van der Waals surface area contributed by atoms with E-state index in [9.17, 15) is 0 Å². The van der Waals surface area contributed by atoms with E-state index >= 15 is 0 Å². The Bertz CT molecular complexity index is 557. The summed E-state index contributed by atoms with van der Waals surface area (Å²) < 4.78 is 5.64. The quantitative estimate of drug-likeness (QED) is 0.814. The van der Waals surface area contributed by atoms with Gasteiger partial charge in [-0.25, -0.2) is 4.98 Å². The number of aryl methyl sites for hydroxylation is 1. The van der Waals surface area contributed by atoms with Crippen molar-refractivity contribution in [1.82, 2.24) is 15.0 Å². The SMILES string of the molecule is CCCNc1cc(OCCc2scnc2C)nc(N)n1. The van der Waals surface area contributed by atoms with Crippen LogP contribution < -0.4 is 15.8 Å². The summed E-state index contributed by atoms with van der Waals surface area (Å²) in [5, 5.41) is 3.17. The second kappa shape index (κ2) is 7.04. The van der Waals surface area contributed by atoms with Crippen molar-refractivity contribution in [3.05, 3.63) is 22.1 Å². The van der Waals surface area contributed by atoms with E-state index in [0.29, 0.717) is 18.3 Å². The molecule has 0 atom stereocenters. The van der Waals surface area contributed by atoms with Gasteiger partial charge < -0.3 is 15.8 Å². The molecule has 6 nitrogen and oxygen atoms in total. The van der Waals surface area contributed by atoms with Gasteiger partial charge in [0.25, 0.3) is 0 Å². The number of nitrogens with zero attached hydrogens (tertiary/aromatic N) is 3. The Morgan fingerprint density at radius 1 is 1.40 bits per heavy atom. The third-order valence-corrected chi connectivity index (χ3v) is 3.69. The maximum absolute atomic E-state index is 5.67. The third kappa shape index (κ3) is 4.06. The molecule has 0 spiro atoms. The van der Waals surface area contributed by atoms with E-state index in [2.05, 4.69) is 27.2 Å².